The molecule has 0 aliphatic heterocycles. The molecule has 0 heterocycles. The van der Waals surface area contributed by atoms with Gasteiger partial charge in [-0.05, 0) is 6.42 Å². The van der Waals surface area contributed by atoms with Gasteiger partial charge in [0.2, 0.25) is 5.78 Å². The third-order valence-electron chi connectivity index (χ3n) is 1.94. The molecule has 0 rings (SSSR count). The molecular weight excluding hydrogens is 269 g/mol. The predicted octanol–water partition coefficient (Wildman–Crippen LogP) is 1.38. The molecule has 19 heavy (non-hydrogen) atoms. The number of alkyl halides is 3. The van der Waals surface area contributed by atoms with Gasteiger partial charge in [-0.2, -0.15) is 13.2 Å². The second-order valence-electron chi connectivity index (χ2n) is 3.76. The van der Waals surface area contributed by atoms with Gasteiger partial charge in [-0.15, -0.1) is 0 Å². The first-order valence-corrected chi connectivity index (χ1v) is 5.45. The summed E-state index contributed by atoms with van der Waals surface area (Å²) in [6.07, 6.45) is -6.27. The van der Waals surface area contributed by atoms with Gasteiger partial charge in [0, 0.05) is 6.42 Å². The van der Waals surface area contributed by atoms with Crippen molar-refractivity contribution < 1.29 is 37.1 Å². The number of Topliss-reactive ketones (excluding diaryl/α,β-unsaturated/α-hetero) is 3. The number of carbonyl (C=O) groups excluding carboxylic acids is 4. The van der Waals surface area contributed by atoms with E-state index in [1.807, 2.05) is 0 Å². The lowest BCUT2D eigenvalue weighted by molar-refractivity contribution is -0.172. The van der Waals surface area contributed by atoms with Crippen LogP contribution in [0.2, 0.25) is 0 Å². The van der Waals surface area contributed by atoms with Crippen LogP contribution < -0.4 is 0 Å². The first-order chi connectivity index (χ1) is 8.66. The van der Waals surface area contributed by atoms with Gasteiger partial charge in [-0.3, -0.25) is 19.2 Å². The van der Waals surface area contributed by atoms with E-state index in [4.69, 9.17) is 0 Å². The number of ether oxygens (including phenoxy) is 1. The molecular formula is C11H13F3O5. The monoisotopic (exact) mass is 282 g/mol. The molecule has 0 spiro atoms. The normalized spacial score (nSPS) is 10.9. The van der Waals surface area contributed by atoms with Crippen LogP contribution in [0, 0.1) is 0 Å². The standard InChI is InChI=1S/C11H13F3O5/c1-2-3-7(15)5-10(18)19-6-8(16)4-9(17)11(12,13)14/h2-6H2,1H3. The molecule has 0 amide bonds. The number of carbonyl (C=O) groups is 4. The molecule has 0 aromatic heterocycles. The van der Waals surface area contributed by atoms with Crippen molar-refractivity contribution in [3.05, 3.63) is 0 Å². The van der Waals surface area contributed by atoms with Gasteiger partial charge in [0.05, 0.1) is 6.42 Å². The van der Waals surface area contributed by atoms with Crippen molar-refractivity contribution in [1.82, 2.24) is 0 Å². The maximum Gasteiger partial charge on any atom is 0.450 e. The molecule has 0 N–H and O–H groups in total. The largest absolute Gasteiger partial charge is 0.457 e. The van der Waals surface area contributed by atoms with Crippen molar-refractivity contribution in [3.8, 4) is 0 Å². The summed E-state index contributed by atoms with van der Waals surface area (Å²) >= 11 is 0. The van der Waals surface area contributed by atoms with Gasteiger partial charge in [0.1, 0.15) is 18.8 Å². The average Bonchev–Trinajstić information content (AvgIpc) is 2.25. The van der Waals surface area contributed by atoms with E-state index in [1.54, 1.807) is 6.92 Å². The zero-order chi connectivity index (χ0) is 15.1. The second-order valence-corrected chi connectivity index (χ2v) is 3.76. The smallest absolute Gasteiger partial charge is 0.450 e. The average molecular weight is 282 g/mol. The Bertz CT molecular complexity index is 373. The fraction of sp³-hybridized carbons (Fsp3) is 0.636. The molecule has 0 saturated carbocycles. The lowest BCUT2D eigenvalue weighted by Gasteiger charge is -2.05. The van der Waals surface area contributed by atoms with E-state index in [-0.39, 0.29) is 12.2 Å². The first kappa shape index (κ1) is 17.3. The van der Waals surface area contributed by atoms with E-state index in [0.29, 0.717) is 6.42 Å². The van der Waals surface area contributed by atoms with E-state index in [1.165, 1.54) is 0 Å². The molecule has 0 unspecified atom stereocenters. The highest BCUT2D eigenvalue weighted by atomic mass is 19.4. The SMILES string of the molecule is CCCC(=O)CC(=O)OCC(=O)CC(=O)C(F)(F)F. The third-order valence-corrected chi connectivity index (χ3v) is 1.94. The number of ketones is 3. The van der Waals surface area contributed by atoms with E-state index < -0.39 is 43.2 Å². The van der Waals surface area contributed by atoms with Gasteiger partial charge in [-0.25, -0.2) is 0 Å². The maximum atomic E-state index is 11.8. The highest BCUT2D eigenvalue weighted by molar-refractivity contribution is 6.03. The Labute approximate surface area is 107 Å². The zero-order valence-corrected chi connectivity index (χ0v) is 10.2. The first-order valence-electron chi connectivity index (χ1n) is 5.45. The van der Waals surface area contributed by atoms with Crippen molar-refractivity contribution in [3.63, 3.8) is 0 Å². The summed E-state index contributed by atoms with van der Waals surface area (Å²) in [6.45, 7) is 0.787. The van der Waals surface area contributed by atoms with Crippen molar-refractivity contribution in [1.29, 1.82) is 0 Å². The Hall–Kier alpha value is -1.73. The number of hydrogen-bond donors (Lipinski definition) is 0. The van der Waals surface area contributed by atoms with E-state index in [0.717, 1.165) is 0 Å². The van der Waals surface area contributed by atoms with Crippen LogP contribution in [0.5, 0.6) is 0 Å². The molecule has 5 nitrogen and oxygen atoms in total. The molecule has 0 bridgehead atoms. The van der Waals surface area contributed by atoms with Gasteiger partial charge in [0.25, 0.3) is 0 Å². The zero-order valence-electron chi connectivity index (χ0n) is 10.2. The number of esters is 1. The van der Waals surface area contributed by atoms with Crippen molar-refractivity contribution in [2.45, 2.75) is 38.8 Å². The lowest BCUT2D eigenvalue weighted by Crippen LogP contribution is -2.27. The maximum absolute atomic E-state index is 11.8. The van der Waals surface area contributed by atoms with Gasteiger partial charge >= 0.3 is 12.1 Å². The fourth-order valence-electron chi connectivity index (χ4n) is 1.07. The van der Waals surface area contributed by atoms with Crippen LogP contribution in [0.3, 0.4) is 0 Å². The molecule has 0 aromatic rings. The minimum Gasteiger partial charge on any atom is -0.457 e. The summed E-state index contributed by atoms with van der Waals surface area (Å²) in [7, 11) is 0. The lowest BCUT2D eigenvalue weighted by atomic mass is 10.2. The summed E-state index contributed by atoms with van der Waals surface area (Å²) in [6, 6.07) is 0. The molecule has 0 atom stereocenters. The van der Waals surface area contributed by atoms with Crippen molar-refractivity contribution in [2.24, 2.45) is 0 Å². The highest BCUT2D eigenvalue weighted by Gasteiger charge is 2.39. The van der Waals surface area contributed by atoms with Crippen LogP contribution in [-0.4, -0.2) is 36.1 Å². The van der Waals surface area contributed by atoms with Crippen LogP contribution in [-0.2, 0) is 23.9 Å². The molecule has 108 valence electrons. The van der Waals surface area contributed by atoms with Crippen molar-refractivity contribution >= 4 is 23.3 Å². The molecule has 0 aliphatic carbocycles. The van der Waals surface area contributed by atoms with E-state index >= 15 is 0 Å². The Kier molecular flexibility index (Phi) is 6.95. The Morgan fingerprint density at radius 1 is 1.00 bits per heavy atom. The summed E-state index contributed by atoms with van der Waals surface area (Å²) in [5, 5.41) is 0. The van der Waals surface area contributed by atoms with Crippen LogP contribution in [0.4, 0.5) is 13.2 Å². The summed E-state index contributed by atoms with van der Waals surface area (Å²) in [5.74, 6) is -4.74. The van der Waals surface area contributed by atoms with Crippen LogP contribution in [0.1, 0.15) is 32.6 Å². The Morgan fingerprint density at radius 3 is 2.05 bits per heavy atom. The Balaban J connectivity index is 4.01. The minimum absolute atomic E-state index is 0.176. The number of hydrogen-bond acceptors (Lipinski definition) is 5. The van der Waals surface area contributed by atoms with Gasteiger partial charge < -0.3 is 4.74 Å². The van der Waals surface area contributed by atoms with Crippen LogP contribution in [0.15, 0.2) is 0 Å². The second kappa shape index (κ2) is 7.65. The fourth-order valence-corrected chi connectivity index (χ4v) is 1.07. The topological polar surface area (TPSA) is 77.5 Å². The van der Waals surface area contributed by atoms with E-state index in [9.17, 15) is 32.3 Å². The molecule has 0 radical (unpaired) electrons. The van der Waals surface area contributed by atoms with Crippen LogP contribution in [0.25, 0.3) is 0 Å². The number of rotatable bonds is 8. The molecule has 0 aliphatic rings. The summed E-state index contributed by atoms with van der Waals surface area (Å²) in [5.41, 5.74) is 0. The summed E-state index contributed by atoms with van der Waals surface area (Å²) in [4.78, 5) is 43.4. The molecule has 8 heteroatoms. The third kappa shape index (κ3) is 8.06. The molecule has 0 aromatic carbocycles. The van der Waals surface area contributed by atoms with Crippen molar-refractivity contribution in [2.75, 3.05) is 6.61 Å². The molecule has 0 saturated heterocycles. The Morgan fingerprint density at radius 2 is 1.58 bits per heavy atom. The number of halogens is 3. The van der Waals surface area contributed by atoms with Crippen LogP contribution >= 0.6 is 0 Å². The van der Waals surface area contributed by atoms with Gasteiger partial charge in [-0.1, -0.05) is 6.92 Å². The van der Waals surface area contributed by atoms with E-state index in [2.05, 4.69) is 4.74 Å². The summed E-state index contributed by atoms with van der Waals surface area (Å²) < 4.78 is 39.7. The minimum atomic E-state index is -5.09. The molecule has 0 fully saturated rings. The van der Waals surface area contributed by atoms with Gasteiger partial charge in [0.15, 0.2) is 5.78 Å². The quantitative estimate of drug-likeness (QED) is 0.496. The predicted molar refractivity (Wildman–Crippen MR) is 56.2 cm³/mol. The highest BCUT2D eigenvalue weighted by Crippen LogP contribution is 2.17.